The molecule has 4 nitrogen and oxygen atoms in total. The van der Waals surface area contributed by atoms with Gasteiger partial charge >= 0.3 is 5.97 Å². The molecule has 0 aromatic heterocycles. The van der Waals surface area contributed by atoms with Crippen molar-refractivity contribution in [2.45, 2.75) is 20.0 Å². The van der Waals surface area contributed by atoms with Gasteiger partial charge < -0.3 is 14.2 Å². The second-order valence-corrected chi connectivity index (χ2v) is 6.41. The molecule has 6 heteroatoms. The van der Waals surface area contributed by atoms with E-state index >= 15 is 0 Å². The summed E-state index contributed by atoms with van der Waals surface area (Å²) in [6.45, 7) is 3.95. The summed E-state index contributed by atoms with van der Waals surface area (Å²) in [4.78, 5) is 11.3. The van der Waals surface area contributed by atoms with Gasteiger partial charge in [-0.3, -0.25) is 0 Å². The van der Waals surface area contributed by atoms with E-state index in [1.807, 2.05) is 13.0 Å². The number of hydrogen-bond donors (Lipinski definition) is 0. The first-order valence-electron chi connectivity index (χ1n) is 7.72. The zero-order valence-corrected chi connectivity index (χ0v) is 16.2. The van der Waals surface area contributed by atoms with Gasteiger partial charge in [-0.25, -0.2) is 4.79 Å². The lowest BCUT2D eigenvalue weighted by Gasteiger charge is -2.12. The van der Waals surface area contributed by atoms with Crippen LogP contribution in [0.25, 0.3) is 0 Å². The van der Waals surface area contributed by atoms with E-state index in [1.54, 1.807) is 49.4 Å². The van der Waals surface area contributed by atoms with Crippen molar-refractivity contribution in [3.8, 4) is 17.2 Å². The van der Waals surface area contributed by atoms with Crippen LogP contribution in [0.3, 0.4) is 0 Å². The summed E-state index contributed by atoms with van der Waals surface area (Å²) in [6, 6.07) is 12.6. The molecule has 0 N–H and O–H groups in total. The molecule has 132 valence electrons. The molecule has 0 aliphatic heterocycles. The molecule has 0 bridgehead atoms. The van der Waals surface area contributed by atoms with Crippen molar-refractivity contribution in [1.82, 2.24) is 0 Å². The zero-order chi connectivity index (χ0) is 18.2. The molecule has 0 radical (unpaired) electrons. The fourth-order valence-electron chi connectivity index (χ4n) is 1.93. The van der Waals surface area contributed by atoms with E-state index in [0.29, 0.717) is 28.9 Å². The van der Waals surface area contributed by atoms with Gasteiger partial charge in [-0.1, -0.05) is 27.5 Å². The van der Waals surface area contributed by atoms with Crippen molar-refractivity contribution < 1.29 is 19.0 Å². The maximum atomic E-state index is 11.3. The van der Waals surface area contributed by atoms with Crippen molar-refractivity contribution in [3.05, 3.63) is 64.1 Å². The molecule has 25 heavy (non-hydrogen) atoms. The van der Waals surface area contributed by atoms with Gasteiger partial charge in [0.15, 0.2) is 0 Å². The molecule has 2 aromatic rings. The minimum atomic E-state index is -0.381. The molecule has 0 aliphatic rings. The standard InChI is InChI=1S/C19H18BrClO4/c1-3-23-19(22)11-4-13(2)24-15-6-8-16(9-7-15)25-18-10-5-14(20)12-17(18)21/h4-13H,3H2,1-2H3/b11-4+. The summed E-state index contributed by atoms with van der Waals surface area (Å²) in [5.41, 5.74) is 0. The van der Waals surface area contributed by atoms with Crippen LogP contribution < -0.4 is 9.47 Å². The third-order valence-corrected chi connectivity index (χ3v) is 3.85. The van der Waals surface area contributed by atoms with E-state index < -0.39 is 0 Å². The van der Waals surface area contributed by atoms with Crippen LogP contribution in [-0.2, 0) is 9.53 Å². The van der Waals surface area contributed by atoms with E-state index in [2.05, 4.69) is 15.9 Å². The monoisotopic (exact) mass is 424 g/mol. The Bertz CT molecular complexity index is 744. The summed E-state index contributed by atoms with van der Waals surface area (Å²) in [7, 11) is 0. The van der Waals surface area contributed by atoms with Crippen LogP contribution >= 0.6 is 27.5 Å². The molecular formula is C19H18BrClO4. The van der Waals surface area contributed by atoms with Crippen LogP contribution in [0.15, 0.2) is 59.1 Å². The number of halogens is 2. The van der Waals surface area contributed by atoms with Crippen LogP contribution in [-0.4, -0.2) is 18.7 Å². The van der Waals surface area contributed by atoms with Crippen LogP contribution in [0.1, 0.15) is 13.8 Å². The van der Waals surface area contributed by atoms with E-state index in [0.717, 1.165) is 4.47 Å². The van der Waals surface area contributed by atoms with E-state index in [9.17, 15) is 4.79 Å². The first kappa shape index (κ1) is 19.3. The van der Waals surface area contributed by atoms with E-state index in [-0.39, 0.29) is 12.1 Å². The highest BCUT2D eigenvalue weighted by atomic mass is 79.9. The van der Waals surface area contributed by atoms with Crippen molar-refractivity contribution >= 4 is 33.5 Å². The number of rotatable bonds is 7. The second kappa shape index (κ2) is 9.49. The Balaban J connectivity index is 1.94. The summed E-state index contributed by atoms with van der Waals surface area (Å²) < 4.78 is 17.2. The topological polar surface area (TPSA) is 44.8 Å². The van der Waals surface area contributed by atoms with Gasteiger partial charge in [-0.15, -0.1) is 0 Å². The molecule has 1 atom stereocenters. The minimum absolute atomic E-state index is 0.267. The number of carbonyl (C=O) groups is 1. The maximum Gasteiger partial charge on any atom is 0.330 e. The average molecular weight is 426 g/mol. The quantitative estimate of drug-likeness (QED) is 0.416. The fourth-order valence-corrected chi connectivity index (χ4v) is 2.64. The molecule has 0 saturated carbocycles. The Morgan fingerprint density at radius 3 is 2.52 bits per heavy atom. The van der Waals surface area contributed by atoms with Crippen molar-refractivity contribution in [3.63, 3.8) is 0 Å². The average Bonchev–Trinajstić information content (AvgIpc) is 2.57. The lowest BCUT2D eigenvalue weighted by Crippen LogP contribution is -2.09. The summed E-state index contributed by atoms with van der Waals surface area (Å²) in [5, 5.41) is 0.521. The molecule has 2 aromatic carbocycles. The van der Waals surface area contributed by atoms with E-state index in [4.69, 9.17) is 25.8 Å². The lowest BCUT2D eigenvalue weighted by molar-refractivity contribution is -0.137. The van der Waals surface area contributed by atoms with Crippen LogP contribution in [0.5, 0.6) is 17.2 Å². The number of carbonyl (C=O) groups excluding carboxylic acids is 1. The predicted octanol–water partition coefficient (Wildman–Crippen LogP) is 5.78. The minimum Gasteiger partial charge on any atom is -0.487 e. The van der Waals surface area contributed by atoms with Crippen molar-refractivity contribution in [2.75, 3.05) is 6.61 Å². The Hall–Kier alpha value is -1.98. The molecule has 0 heterocycles. The Morgan fingerprint density at radius 1 is 1.20 bits per heavy atom. The van der Waals surface area contributed by atoms with Gasteiger partial charge in [0, 0.05) is 10.5 Å². The molecule has 2 rings (SSSR count). The maximum absolute atomic E-state index is 11.3. The smallest absolute Gasteiger partial charge is 0.330 e. The Morgan fingerprint density at radius 2 is 1.88 bits per heavy atom. The van der Waals surface area contributed by atoms with Crippen molar-refractivity contribution in [1.29, 1.82) is 0 Å². The zero-order valence-electron chi connectivity index (χ0n) is 13.9. The first-order valence-corrected chi connectivity index (χ1v) is 8.89. The first-order chi connectivity index (χ1) is 12.0. The van der Waals surface area contributed by atoms with Crippen LogP contribution in [0, 0.1) is 0 Å². The molecular weight excluding hydrogens is 408 g/mol. The SMILES string of the molecule is CCOC(=O)/C=C/C(C)Oc1ccc(Oc2ccc(Br)cc2Cl)cc1. The van der Waals surface area contributed by atoms with Gasteiger partial charge in [0.05, 0.1) is 11.6 Å². The summed E-state index contributed by atoms with van der Waals surface area (Å²) >= 11 is 9.49. The molecule has 1 unspecified atom stereocenters. The number of ether oxygens (including phenoxy) is 3. The molecule has 0 saturated heterocycles. The molecule has 0 amide bonds. The van der Waals surface area contributed by atoms with Gasteiger partial charge in [0.2, 0.25) is 0 Å². The third-order valence-electron chi connectivity index (χ3n) is 3.06. The molecule has 0 spiro atoms. The summed E-state index contributed by atoms with van der Waals surface area (Å²) in [6.07, 6.45) is 2.74. The highest BCUT2D eigenvalue weighted by Crippen LogP contribution is 2.32. The van der Waals surface area contributed by atoms with Crippen LogP contribution in [0.2, 0.25) is 5.02 Å². The number of benzene rings is 2. The van der Waals surface area contributed by atoms with Gasteiger partial charge in [0.25, 0.3) is 0 Å². The second-order valence-electron chi connectivity index (χ2n) is 5.08. The number of esters is 1. The Kier molecular flexibility index (Phi) is 7.34. The van der Waals surface area contributed by atoms with Gasteiger partial charge in [-0.05, 0) is 62.4 Å². The third kappa shape index (κ3) is 6.44. The highest BCUT2D eigenvalue weighted by molar-refractivity contribution is 9.10. The Labute approximate surface area is 160 Å². The predicted molar refractivity (Wildman–Crippen MR) is 102 cm³/mol. The number of hydrogen-bond acceptors (Lipinski definition) is 4. The lowest BCUT2D eigenvalue weighted by atomic mass is 10.3. The van der Waals surface area contributed by atoms with Gasteiger partial charge in [-0.2, -0.15) is 0 Å². The highest BCUT2D eigenvalue weighted by Gasteiger charge is 2.06. The normalized spacial score (nSPS) is 12.0. The van der Waals surface area contributed by atoms with Crippen LogP contribution in [0.4, 0.5) is 0 Å². The molecule has 0 fully saturated rings. The fraction of sp³-hybridized carbons (Fsp3) is 0.211. The largest absolute Gasteiger partial charge is 0.487 e. The van der Waals surface area contributed by atoms with Crippen molar-refractivity contribution in [2.24, 2.45) is 0 Å². The molecule has 0 aliphatic carbocycles. The van der Waals surface area contributed by atoms with Gasteiger partial charge in [0.1, 0.15) is 23.4 Å². The summed E-state index contributed by atoms with van der Waals surface area (Å²) in [5.74, 6) is 1.50. The van der Waals surface area contributed by atoms with E-state index in [1.165, 1.54) is 6.08 Å².